The molecule has 6 nitrogen and oxygen atoms in total. The molecule has 0 saturated carbocycles. The highest BCUT2D eigenvalue weighted by molar-refractivity contribution is 7.93. The quantitative estimate of drug-likeness (QED) is 0.637. The summed E-state index contributed by atoms with van der Waals surface area (Å²) in [5, 5.41) is 1.19. The zero-order valence-electron chi connectivity index (χ0n) is 16.4. The van der Waals surface area contributed by atoms with Gasteiger partial charge in [-0.05, 0) is 51.2 Å². The highest BCUT2D eigenvalue weighted by Crippen LogP contribution is 2.39. The number of piperidine rings is 1. The van der Waals surface area contributed by atoms with Gasteiger partial charge in [-0.25, -0.2) is 22.2 Å². The number of anilines is 2. The van der Waals surface area contributed by atoms with E-state index in [-0.39, 0.29) is 15.8 Å². The molecular weight excluding hydrogens is 454 g/mol. The van der Waals surface area contributed by atoms with E-state index in [1.54, 1.807) is 10.3 Å². The van der Waals surface area contributed by atoms with Crippen LogP contribution < -0.4 is 9.62 Å². The zero-order chi connectivity index (χ0) is 21.5. The monoisotopic (exact) mass is 476 g/mol. The molecule has 1 N–H and O–H groups in total. The first-order chi connectivity index (χ1) is 14.2. The van der Waals surface area contributed by atoms with Crippen molar-refractivity contribution < 1.29 is 17.2 Å². The lowest BCUT2D eigenvalue weighted by molar-refractivity contribution is 0.186. The predicted molar refractivity (Wildman–Crippen MR) is 115 cm³/mol. The maximum Gasteiger partial charge on any atom is 0.269 e. The van der Waals surface area contributed by atoms with E-state index in [0.29, 0.717) is 24.9 Å². The van der Waals surface area contributed by atoms with Crippen molar-refractivity contribution in [2.75, 3.05) is 42.8 Å². The standard InChI is InChI=1S/C19H23ClF2N4O2S2/c1-25-5-2-12(3-6-25)8-13-10-26(11-13)15-9-14(21)18(17(22)16(15)20)30(27,28)24-19-23-4-7-29-19/h4,7,9,12-13H,2-3,5-6,8,10-11H2,1H3,(H,23,24). The lowest BCUT2D eigenvalue weighted by atomic mass is 9.83. The molecule has 0 bridgehead atoms. The lowest BCUT2D eigenvalue weighted by Gasteiger charge is -2.44. The first-order valence-electron chi connectivity index (χ1n) is 9.78. The minimum atomic E-state index is -4.49. The molecule has 2 saturated heterocycles. The van der Waals surface area contributed by atoms with Gasteiger partial charge in [0.25, 0.3) is 10.0 Å². The zero-order valence-corrected chi connectivity index (χ0v) is 18.8. The van der Waals surface area contributed by atoms with Crippen molar-refractivity contribution in [3.05, 3.63) is 34.3 Å². The van der Waals surface area contributed by atoms with Crippen molar-refractivity contribution in [3.63, 3.8) is 0 Å². The third kappa shape index (κ3) is 4.42. The SMILES string of the molecule is CN1CCC(CC2CN(c3cc(F)c(S(=O)(=O)Nc4nccs4)c(F)c3Cl)C2)CC1. The minimum Gasteiger partial charge on any atom is -0.369 e. The highest BCUT2D eigenvalue weighted by Gasteiger charge is 2.35. The van der Waals surface area contributed by atoms with Gasteiger partial charge in [0, 0.05) is 30.7 Å². The molecular formula is C19H23ClF2N4O2S2. The summed E-state index contributed by atoms with van der Waals surface area (Å²) in [6.07, 6.45) is 4.83. The average molecular weight is 477 g/mol. The maximum atomic E-state index is 14.8. The summed E-state index contributed by atoms with van der Waals surface area (Å²) in [6.45, 7) is 3.53. The Bertz CT molecular complexity index is 1010. The number of hydrogen-bond acceptors (Lipinski definition) is 6. The van der Waals surface area contributed by atoms with E-state index < -0.39 is 26.6 Å². The highest BCUT2D eigenvalue weighted by atomic mass is 35.5. The summed E-state index contributed by atoms with van der Waals surface area (Å²) in [6, 6.07) is 1.01. The molecule has 0 aliphatic carbocycles. The van der Waals surface area contributed by atoms with Gasteiger partial charge in [-0.1, -0.05) is 11.6 Å². The Labute approximate surface area is 183 Å². The smallest absolute Gasteiger partial charge is 0.269 e. The molecule has 3 heterocycles. The summed E-state index contributed by atoms with van der Waals surface area (Å²) in [7, 11) is -2.36. The number of hydrogen-bond donors (Lipinski definition) is 1. The molecule has 1 aromatic carbocycles. The topological polar surface area (TPSA) is 65.5 Å². The number of nitrogens with zero attached hydrogens (tertiary/aromatic N) is 3. The third-order valence-corrected chi connectivity index (χ3v) is 8.37. The van der Waals surface area contributed by atoms with E-state index in [1.165, 1.54) is 19.0 Å². The van der Waals surface area contributed by atoms with Gasteiger partial charge in [-0.2, -0.15) is 0 Å². The van der Waals surface area contributed by atoms with Crippen LogP contribution in [-0.4, -0.2) is 51.5 Å². The Morgan fingerprint density at radius 3 is 2.60 bits per heavy atom. The first kappa shape index (κ1) is 21.7. The Morgan fingerprint density at radius 1 is 1.27 bits per heavy atom. The van der Waals surface area contributed by atoms with Gasteiger partial charge in [0.2, 0.25) is 0 Å². The fourth-order valence-electron chi connectivity index (χ4n) is 4.17. The summed E-state index contributed by atoms with van der Waals surface area (Å²) >= 11 is 7.13. The Kier molecular flexibility index (Phi) is 6.20. The largest absolute Gasteiger partial charge is 0.369 e. The molecule has 2 aliphatic heterocycles. The van der Waals surface area contributed by atoms with Crippen LogP contribution in [0.2, 0.25) is 5.02 Å². The number of likely N-dealkylation sites (tertiary alicyclic amines) is 1. The van der Waals surface area contributed by atoms with Gasteiger partial charge in [-0.3, -0.25) is 4.72 Å². The molecule has 2 aliphatic rings. The molecule has 2 aromatic rings. The van der Waals surface area contributed by atoms with E-state index in [4.69, 9.17) is 11.6 Å². The second-order valence-electron chi connectivity index (χ2n) is 8.03. The number of rotatable bonds is 6. The number of aromatic nitrogens is 1. The van der Waals surface area contributed by atoms with Crippen LogP contribution in [0.3, 0.4) is 0 Å². The number of nitrogens with one attached hydrogen (secondary N) is 1. The van der Waals surface area contributed by atoms with E-state index in [0.717, 1.165) is 36.9 Å². The van der Waals surface area contributed by atoms with Crippen molar-refractivity contribution in [2.45, 2.75) is 24.2 Å². The second-order valence-corrected chi connectivity index (χ2v) is 10.9. The van der Waals surface area contributed by atoms with Crippen LogP contribution in [0.25, 0.3) is 0 Å². The molecule has 0 unspecified atom stereocenters. The average Bonchev–Trinajstić information content (AvgIpc) is 3.15. The van der Waals surface area contributed by atoms with Crippen LogP contribution in [0, 0.1) is 23.5 Å². The third-order valence-electron chi connectivity index (χ3n) is 5.82. The summed E-state index contributed by atoms with van der Waals surface area (Å²) < 4.78 is 56.5. The summed E-state index contributed by atoms with van der Waals surface area (Å²) in [4.78, 5) is 6.82. The number of benzene rings is 1. The Hall–Kier alpha value is -1.49. The fourth-order valence-corrected chi connectivity index (χ4v) is 6.42. The van der Waals surface area contributed by atoms with E-state index in [2.05, 4.69) is 21.7 Å². The van der Waals surface area contributed by atoms with Gasteiger partial charge in [0.1, 0.15) is 10.8 Å². The van der Waals surface area contributed by atoms with Crippen LogP contribution in [-0.2, 0) is 10.0 Å². The second kappa shape index (κ2) is 8.57. The summed E-state index contributed by atoms with van der Waals surface area (Å²) in [5.74, 6) is -1.32. The van der Waals surface area contributed by atoms with Crippen LogP contribution in [0.1, 0.15) is 19.3 Å². The molecule has 4 rings (SSSR count). The molecule has 164 valence electrons. The van der Waals surface area contributed by atoms with Gasteiger partial charge in [0.15, 0.2) is 15.8 Å². The van der Waals surface area contributed by atoms with Crippen LogP contribution in [0.4, 0.5) is 19.6 Å². The van der Waals surface area contributed by atoms with E-state index in [9.17, 15) is 17.2 Å². The van der Waals surface area contributed by atoms with Crippen molar-refractivity contribution in [1.82, 2.24) is 9.88 Å². The molecule has 0 spiro atoms. The predicted octanol–water partition coefficient (Wildman–Crippen LogP) is 4.04. The first-order valence-corrected chi connectivity index (χ1v) is 12.5. The van der Waals surface area contributed by atoms with Gasteiger partial charge < -0.3 is 9.80 Å². The number of sulfonamides is 1. The molecule has 11 heteroatoms. The van der Waals surface area contributed by atoms with Crippen molar-refractivity contribution in [3.8, 4) is 0 Å². The lowest BCUT2D eigenvalue weighted by Crippen LogP contribution is -2.48. The molecule has 0 radical (unpaired) electrons. The van der Waals surface area contributed by atoms with Crippen molar-refractivity contribution in [1.29, 1.82) is 0 Å². The van der Waals surface area contributed by atoms with Gasteiger partial charge in [0.05, 0.1) is 5.69 Å². The van der Waals surface area contributed by atoms with E-state index >= 15 is 0 Å². The van der Waals surface area contributed by atoms with Crippen LogP contribution in [0.5, 0.6) is 0 Å². The normalized spacial score (nSPS) is 19.1. The van der Waals surface area contributed by atoms with Crippen LogP contribution >= 0.6 is 22.9 Å². The van der Waals surface area contributed by atoms with Crippen LogP contribution in [0.15, 0.2) is 22.5 Å². The van der Waals surface area contributed by atoms with E-state index in [1.807, 2.05) is 0 Å². The molecule has 0 atom stereocenters. The molecule has 0 amide bonds. The molecule has 30 heavy (non-hydrogen) atoms. The minimum absolute atomic E-state index is 0.0218. The fraction of sp³-hybridized carbons (Fsp3) is 0.526. The van der Waals surface area contributed by atoms with Gasteiger partial charge in [-0.15, -0.1) is 11.3 Å². The molecule has 2 fully saturated rings. The molecule has 1 aromatic heterocycles. The Balaban J connectivity index is 1.46. The van der Waals surface area contributed by atoms with Crippen molar-refractivity contribution in [2.24, 2.45) is 11.8 Å². The van der Waals surface area contributed by atoms with Crippen molar-refractivity contribution >= 4 is 43.8 Å². The number of halogens is 3. The van der Waals surface area contributed by atoms with Gasteiger partial charge >= 0.3 is 0 Å². The Morgan fingerprint density at radius 2 is 1.97 bits per heavy atom. The summed E-state index contributed by atoms with van der Waals surface area (Å²) in [5.41, 5.74) is 0.194. The maximum absolute atomic E-state index is 14.8. The number of thiazole rings is 1.